The minimum Gasteiger partial charge on any atom is -0.366 e. The third kappa shape index (κ3) is 5.94. The predicted molar refractivity (Wildman–Crippen MR) is 130 cm³/mol. The van der Waals surface area contributed by atoms with Gasteiger partial charge in [0.25, 0.3) is 5.91 Å². The Hall–Kier alpha value is -2.08. The van der Waals surface area contributed by atoms with Gasteiger partial charge in [0.05, 0.1) is 25.4 Å². The minimum absolute atomic E-state index is 0.0518. The second-order valence-electron chi connectivity index (χ2n) is 8.65. The van der Waals surface area contributed by atoms with Crippen LogP contribution in [-0.2, 0) is 25.8 Å². The Bertz CT molecular complexity index is 949. The van der Waals surface area contributed by atoms with Crippen molar-refractivity contribution in [2.75, 3.05) is 38.8 Å². The van der Waals surface area contributed by atoms with Crippen molar-refractivity contribution in [1.82, 2.24) is 15.7 Å². The van der Waals surface area contributed by atoms with E-state index in [1.807, 2.05) is 23.1 Å². The molecule has 186 valence electrons. The van der Waals surface area contributed by atoms with Gasteiger partial charge in [-0.15, -0.1) is 11.3 Å². The number of carbonyl (C=O) groups is 1. The number of benzene rings is 1. The molecule has 4 rings (SSSR count). The Morgan fingerprint density at radius 1 is 1.38 bits per heavy atom. The molecule has 10 heteroatoms. The molecule has 2 atom stereocenters. The van der Waals surface area contributed by atoms with Gasteiger partial charge >= 0.3 is 0 Å². The lowest BCUT2D eigenvalue weighted by Crippen LogP contribution is -2.50. The SMILES string of the molecule is CONCCCc1cc([C@@H](C)N(C(=O)[C@H]2CNCCO2)C2CC2)sc1-c1ccccc1NOF. The van der Waals surface area contributed by atoms with Gasteiger partial charge in [-0.1, -0.05) is 23.2 Å². The van der Waals surface area contributed by atoms with Gasteiger partial charge < -0.3 is 19.8 Å². The molecule has 34 heavy (non-hydrogen) atoms. The van der Waals surface area contributed by atoms with Gasteiger partial charge in [0.1, 0.15) is 6.10 Å². The number of nitrogens with one attached hydrogen (secondary N) is 3. The summed E-state index contributed by atoms with van der Waals surface area (Å²) in [6.07, 6.45) is 3.28. The highest BCUT2D eigenvalue weighted by Crippen LogP contribution is 2.43. The second kappa shape index (κ2) is 12.1. The van der Waals surface area contributed by atoms with E-state index in [0.717, 1.165) is 53.1 Å². The number of carbonyl (C=O) groups excluding carboxylic acids is 1. The van der Waals surface area contributed by atoms with Crippen LogP contribution in [0.25, 0.3) is 10.4 Å². The highest BCUT2D eigenvalue weighted by atomic mass is 32.1. The average Bonchev–Trinajstić information content (AvgIpc) is 3.61. The molecule has 0 radical (unpaired) electrons. The molecule has 0 unspecified atom stereocenters. The number of halogens is 1. The molecule has 1 aliphatic carbocycles. The van der Waals surface area contributed by atoms with E-state index in [4.69, 9.17) is 9.57 Å². The second-order valence-corrected chi connectivity index (χ2v) is 9.73. The van der Waals surface area contributed by atoms with Crippen molar-refractivity contribution in [3.8, 4) is 10.4 Å². The van der Waals surface area contributed by atoms with Gasteiger partial charge in [0.15, 0.2) is 0 Å². The zero-order valence-corrected chi connectivity index (χ0v) is 20.5. The van der Waals surface area contributed by atoms with Gasteiger partial charge in [-0.2, -0.15) is 0 Å². The number of aryl methyl sites for hydroxylation is 1. The first-order chi connectivity index (χ1) is 16.6. The smallest absolute Gasteiger partial charge is 0.253 e. The van der Waals surface area contributed by atoms with Crippen LogP contribution in [0, 0.1) is 0 Å². The minimum atomic E-state index is -0.442. The fourth-order valence-electron chi connectivity index (χ4n) is 4.40. The van der Waals surface area contributed by atoms with Gasteiger partial charge in [-0.3, -0.25) is 4.79 Å². The summed E-state index contributed by atoms with van der Waals surface area (Å²) in [5.74, 6) is 0.0518. The number of rotatable bonds is 12. The molecular formula is C24H33FN4O4S. The molecule has 0 spiro atoms. The molecule has 2 aromatic rings. The van der Waals surface area contributed by atoms with Crippen molar-refractivity contribution in [3.63, 3.8) is 0 Å². The van der Waals surface area contributed by atoms with Crippen LogP contribution in [-0.4, -0.2) is 56.3 Å². The van der Waals surface area contributed by atoms with Gasteiger partial charge in [-0.05, 0) is 54.8 Å². The quantitative estimate of drug-likeness (QED) is 0.307. The van der Waals surface area contributed by atoms with E-state index < -0.39 is 6.10 Å². The van der Waals surface area contributed by atoms with Crippen molar-refractivity contribution >= 4 is 22.9 Å². The summed E-state index contributed by atoms with van der Waals surface area (Å²) < 4.78 is 18.4. The summed E-state index contributed by atoms with van der Waals surface area (Å²) in [5, 5.41) is 6.99. The fraction of sp³-hybridized carbons (Fsp3) is 0.542. The third-order valence-electron chi connectivity index (χ3n) is 6.24. The molecule has 2 aliphatic rings. The number of anilines is 1. The fourth-order valence-corrected chi connectivity index (χ4v) is 5.70. The highest BCUT2D eigenvalue weighted by Gasteiger charge is 2.40. The normalized spacial score (nSPS) is 19.1. The van der Waals surface area contributed by atoms with Crippen molar-refractivity contribution in [2.45, 2.75) is 50.8 Å². The number of hydroxylamine groups is 1. The van der Waals surface area contributed by atoms with Crippen molar-refractivity contribution in [3.05, 3.63) is 40.8 Å². The molecule has 1 saturated heterocycles. The molecule has 8 nitrogen and oxygen atoms in total. The van der Waals surface area contributed by atoms with E-state index in [1.54, 1.807) is 24.5 Å². The van der Waals surface area contributed by atoms with E-state index >= 15 is 0 Å². The monoisotopic (exact) mass is 492 g/mol. The lowest BCUT2D eigenvalue weighted by atomic mass is 10.0. The summed E-state index contributed by atoms with van der Waals surface area (Å²) in [6, 6.07) is 9.83. The molecular weight excluding hydrogens is 459 g/mol. The van der Waals surface area contributed by atoms with Gasteiger partial charge in [-0.25, -0.2) is 11.0 Å². The third-order valence-corrected chi connectivity index (χ3v) is 7.63. The van der Waals surface area contributed by atoms with Crippen LogP contribution in [0.2, 0.25) is 0 Å². The first kappa shape index (κ1) is 25.0. The van der Waals surface area contributed by atoms with E-state index in [-0.39, 0.29) is 18.0 Å². The maximum atomic E-state index is 13.4. The first-order valence-corrected chi connectivity index (χ1v) is 12.6. The first-order valence-electron chi connectivity index (χ1n) is 11.8. The topological polar surface area (TPSA) is 84.1 Å². The number of amides is 1. The molecule has 3 N–H and O–H groups in total. The summed E-state index contributed by atoms with van der Waals surface area (Å²) in [4.78, 5) is 22.5. The number of hydrogen-bond acceptors (Lipinski definition) is 8. The largest absolute Gasteiger partial charge is 0.366 e. The number of thiophene rings is 1. The Labute approximate surface area is 203 Å². The average molecular weight is 493 g/mol. The molecule has 1 saturated carbocycles. The molecule has 1 aliphatic heterocycles. The van der Waals surface area contributed by atoms with Gasteiger partial charge in [0, 0.05) is 41.0 Å². The van der Waals surface area contributed by atoms with Crippen molar-refractivity contribution < 1.29 is 23.9 Å². The Morgan fingerprint density at radius 2 is 2.21 bits per heavy atom. The number of nitrogens with zero attached hydrogens (tertiary/aromatic N) is 1. The number of hydrogen-bond donors (Lipinski definition) is 3. The molecule has 2 heterocycles. The zero-order chi connectivity index (χ0) is 23.9. The lowest BCUT2D eigenvalue weighted by Gasteiger charge is -2.33. The van der Waals surface area contributed by atoms with Crippen LogP contribution >= 0.6 is 11.3 Å². The Balaban J connectivity index is 1.63. The Morgan fingerprint density at radius 3 is 2.91 bits per heavy atom. The standard InChI is InChI=1S/C24H33FN4O4S/c1-16(29(18-9-10-18)24(30)21-15-26-12-13-32-21)22-14-17(6-5-11-27-31-2)23(34-22)19-7-3-4-8-20(19)28-33-25/h3-4,7-8,14,16,18,21,26-28H,5-6,9-13,15H2,1-2H3/t16-,21-/m1/s1. The highest BCUT2D eigenvalue weighted by molar-refractivity contribution is 7.15. The predicted octanol–water partition coefficient (Wildman–Crippen LogP) is 3.77. The van der Waals surface area contributed by atoms with E-state index in [9.17, 15) is 9.32 Å². The van der Waals surface area contributed by atoms with Crippen LogP contribution < -0.4 is 16.3 Å². The number of para-hydroxylation sites is 1. The molecule has 1 amide bonds. The molecule has 2 fully saturated rings. The number of ether oxygens (including phenoxy) is 1. The van der Waals surface area contributed by atoms with Crippen LogP contribution in [0.1, 0.15) is 42.7 Å². The summed E-state index contributed by atoms with van der Waals surface area (Å²) in [6.45, 7) is 4.67. The maximum absolute atomic E-state index is 13.4. The summed E-state index contributed by atoms with van der Waals surface area (Å²) in [5.41, 5.74) is 7.80. The van der Waals surface area contributed by atoms with Crippen LogP contribution in [0.5, 0.6) is 0 Å². The maximum Gasteiger partial charge on any atom is 0.253 e. The van der Waals surface area contributed by atoms with Crippen LogP contribution in [0.4, 0.5) is 10.2 Å². The van der Waals surface area contributed by atoms with E-state index in [2.05, 4.69) is 34.3 Å². The van der Waals surface area contributed by atoms with Crippen LogP contribution in [0.15, 0.2) is 30.3 Å². The van der Waals surface area contributed by atoms with Gasteiger partial charge in [0.2, 0.25) is 0 Å². The Kier molecular flexibility index (Phi) is 8.87. The zero-order valence-electron chi connectivity index (χ0n) is 19.6. The van der Waals surface area contributed by atoms with Crippen molar-refractivity contribution in [2.24, 2.45) is 0 Å². The van der Waals surface area contributed by atoms with E-state index in [1.165, 1.54) is 0 Å². The summed E-state index contributed by atoms with van der Waals surface area (Å²) in [7, 11) is 1.60. The van der Waals surface area contributed by atoms with Crippen molar-refractivity contribution in [1.29, 1.82) is 0 Å². The van der Waals surface area contributed by atoms with Crippen LogP contribution in [0.3, 0.4) is 0 Å². The number of morpholine rings is 1. The molecule has 1 aromatic heterocycles. The molecule has 1 aromatic carbocycles. The lowest BCUT2D eigenvalue weighted by molar-refractivity contribution is -0.148. The summed E-state index contributed by atoms with van der Waals surface area (Å²) >= 11 is 1.64. The van der Waals surface area contributed by atoms with E-state index in [0.29, 0.717) is 25.4 Å². The molecule has 0 bridgehead atoms.